The van der Waals surface area contributed by atoms with Crippen molar-refractivity contribution in [2.75, 3.05) is 11.4 Å². The fourth-order valence-electron chi connectivity index (χ4n) is 2.88. The van der Waals surface area contributed by atoms with Crippen molar-refractivity contribution in [2.45, 2.75) is 26.0 Å². The van der Waals surface area contributed by atoms with Gasteiger partial charge in [-0.1, -0.05) is 18.2 Å². The van der Waals surface area contributed by atoms with E-state index in [1.807, 2.05) is 0 Å². The molecule has 2 aromatic carbocycles. The number of carbonyl (C=O) groups is 2. The van der Waals surface area contributed by atoms with Gasteiger partial charge in [-0.2, -0.15) is 0 Å². The van der Waals surface area contributed by atoms with Crippen LogP contribution in [0.2, 0.25) is 0 Å². The third-order valence-corrected chi connectivity index (χ3v) is 4.18. The normalized spacial score (nSPS) is 17.3. The summed E-state index contributed by atoms with van der Waals surface area (Å²) in [7, 11) is 0. The smallest absolute Gasteiger partial charge is 0.268 e. The van der Waals surface area contributed by atoms with Gasteiger partial charge in [0.05, 0.1) is 11.7 Å². The van der Waals surface area contributed by atoms with Crippen LogP contribution in [0.15, 0.2) is 42.5 Å². The lowest BCUT2D eigenvalue weighted by Crippen LogP contribution is -2.49. The molecular weight excluding hydrogens is 342 g/mol. The highest BCUT2D eigenvalue weighted by Gasteiger charge is 2.32. The fraction of sp³-hybridized carbons (Fsp3) is 0.263. The topological polar surface area (TPSA) is 58.6 Å². The van der Waals surface area contributed by atoms with Crippen LogP contribution in [-0.2, 0) is 9.59 Å². The molecule has 1 N–H and O–H groups in total. The molecule has 136 valence electrons. The Balaban J connectivity index is 1.74. The van der Waals surface area contributed by atoms with E-state index in [4.69, 9.17) is 4.74 Å². The van der Waals surface area contributed by atoms with E-state index in [0.717, 1.165) is 12.1 Å². The minimum Gasteiger partial charge on any atom is -0.479 e. The number of fused-ring (bicyclic) bond motifs is 1. The van der Waals surface area contributed by atoms with Crippen molar-refractivity contribution in [3.8, 4) is 5.75 Å². The van der Waals surface area contributed by atoms with E-state index in [1.165, 1.54) is 11.0 Å². The number of amides is 2. The highest BCUT2D eigenvalue weighted by Crippen LogP contribution is 2.33. The van der Waals surface area contributed by atoms with Gasteiger partial charge in [-0.05, 0) is 32.0 Å². The van der Waals surface area contributed by atoms with Crippen molar-refractivity contribution in [3.63, 3.8) is 0 Å². The predicted molar refractivity (Wildman–Crippen MR) is 91.8 cm³/mol. The molecule has 3 rings (SSSR count). The minimum atomic E-state index is -0.737. The number of carbonyl (C=O) groups excluding carboxylic acids is 2. The first-order chi connectivity index (χ1) is 12.4. The molecule has 0 radical (unpaired) electrons. The summed E-state index contributed by atoms with van der Waals surface area (Å²) in [5.74, 6) is -1.70. The number of hydrogen-bond donors (Lipinski definition) is 1. The molecule has 2 amide bonds. The molecule has 0 aliphatic carbocycles. The van der Waals surface area contributed by atoms with Crippen LogP contribution in [0.1, 0.15) is 25.5 Å². The molecule has 2 atom stereocenters. The number of ether oxygens (including phenoxy) is 1. The van der Waals surface area contributed by atoms with Crippen molar-refractivity contribution in [2.24, 2.45) is 0 Å². The number of nitrogens with one attached hydrogen (secondary N) is 1. The quantitative estimate of drug-likeness (QED) is 0.912. The van der Waals surface area contributed by atoms with E-state index in [-0.39, 0.29) is 18.0 Å². The van der Waals surface area contributed by atoms with Crippen LogP contribution >= 0.6 is 0 Å². The zero-order valence-corrected chi connectivity index (χ0v) is 14.3. The molecule has 5 nitrogen and oxygen atoms in total. The highest BCUT2D eigenvalue weighted by atomic mass is 19.1. The number of rotatable bonds is 4. The molecule has 7 heteroatoms. The zero-order valence-electron chi connectivity index (χ0n) is 14.3. The zero-order chi connectivity index (χ0) is 18.8. The molecule has 1 aliphatic rings. The van der Waals surface area contributed by atoms with Crippen molar-refractivity contribution >= 4 is 17.5 Å². The van der Waals surface area contributed by atoms with Gasteiger partial charge in [-0.15, -0.1) is 0 Å². The van der Waals surface area contributed by atoms with Crippen LogP contribution < -0.4 is 15.0 Å². The number of benzene rings is 2. The molecule has 0 spiro atoms. The maximum Gasteiger partial charge on any atom is 0.268 e. The molecule has 2 aromatic rings. The average molecular weight is 360 g/mol. The Morgan fingerprint density at radius 2 is 2.00 bits per heavy atom. The van der Waals surface area contributed by atoms with E-state index >= 15 is 0 Å². The molecule has 0 saturated carbocycles. The van der Waals surface area contributed by atoms with Crippen LogP contribution in [0.5, 0.6) is 5.75 Å². The van der Waals surface area contributed by atoms with Crippen LogP contribution in [0.25, 0.3) is 0 Å². The Labute approximate surface area is 149 Å². The first-order valence-electron chi connectivity index (χ1n) is 8.18. The number of halogens is 2. The Hall–Kier alpha value is -2.96. The molecule has 0 aromatic heterocycles. The summed E-state index contributed by atoms with van der Waals surface area (Å²) in [6, 6.07) is 9.44. The van der Waals surface area contributed by atoms with Crippen LogP contribution in [0.4, 0.5) is 14.5 Å². The largest absolute Gasteiger partial charge is 0.479 e. The van der Waals surface area contributed by atoms with E-state index in [9.17, 15) is 18.4 Å². The van der Waals surface area contributed by atoms with Crippen molar-refractivity contribution in [1.29, 1.82) is 0 Å². The second-order valence-electron chi connectivity index (χ2n) is 6.11. The van der Waals surface area contributed by atoms with Gasteiger partial charge in [-0.3, -0.25) is 14.5 Å². The molecular formula is C19H18F2N2O3. The third kappa shape index (κ3) is 3.51. The maximum atomic E-state index is 13.8. The standard InChI is InChI=1S/C19H18F2N2O3/c1-11(14-8-7-13(20)9-15(14)21)22-18(24)10-23-16-5-3-4-6-17(16)26-12(2)19(23)25/h3-9,11-12H,10H2,1-2H3,(H,22,24). The van der Waals surface area contributed by atoms with Crippen molar-refractivity contribution in [3.05, 3.63) is 59.7 Å². The lowest BCUT2D eigenvalue weighted by Gasteiger charge is -2.32. The summed E-state index contributed by atoms with van der Waals surface area (Å²) in [6.45, 7) is 2.97. The monoisotopic (exact) mass is 360 g/mol. The van der Waals surface area contributed by atoms with Crippen LogP contribution in [0, 0.1) is 11.6 Å². The molecule has 1 aliphatic heterocycles. The molecule has 0 bridgehead atoms. The van der Waals surface area contributed by atoms with Crippen molar-refractivity contribution < 1.29 is 23.1 Å². The molecule has 26 heavy (non-hydrogen) atoms. The van der Waals surface area contributed by atoms with Gasteiger partial charge in [0.15, 0.2) is 6.10 Å². The lowest BCUT2D eigenvalue weighted by atomic mass is 10.1. The first-order valence-corrected chi connectivity index (χ1v) is 8.18. The second-order valence-corrected chi connectivity index (χ2v) is 6.11. The van der Waals surface area contributed by atoms with Gasteiger partial charge in [0.1, 0.15) is 23.9 Å². The number of hydrogen-bond acceptors (Lipinski definition) is 3. The Morgan fingerprint density at radius 3 is 2.73 bits per heavy atom. The van der Waals surface area contributed by atoms with Gasteiger partial charge in [0.2, 0.25) is 5.91 Å². The second kappa shape index (κ2) is 7.11. The van der Waals surface area contributed by atoms with Crippen molar-refractivity contribution in [1.82, 2.24) is 5.32 Å². The molecule has 0 saturated heterocycles. The molecule has 1 heterocycles. The van der Waals surface area contributed by atoms with Gasteiger partial charge >= 0.3 is 0 Å². The van der Waals surface area contributed by atoms with Gasteiger partial charge in [0, 0.05) is 11.6 Å². The number of nitrogens with zero attached hydrogens (tertiary/aromatic N) is 1. The molecule has 2 unspecified atom stereocenters. The Morgan fingerprint density at radius 1 is 1.27 bits per heavy atom. The summed E-state index contributed by atoms with van der Waals surface area (Å²) >= 11 is 0. The van der Waals surface area contributed by atoms with E-state index in [1.54, 1.807) is 38.1 Å². The summed E-state index contributed by atoms with van der Waals surface area (Å²) in [4.78, 5) is 26.1. The van der Waals surface area contributed by atoms with E-state index in [2.05, 4.69) is 5.32 Å². The maximum absolute atomic E-state index is 13.8. The van der Waals surface area contributed by atoms with Gasteiger partial charge in [0.25, 0.3) is 5.91 Å². The predicted octanol–water partition coefficient (Wildman–Crippen LogP) is 2.96. The summed E-state index contributed by atoms with van der Waals surface area (Å²) < 4.78 is 32.4. The third-order valence-electron chi connectivity index (χ3n) is 4.18. The Bertz CT molecular complexity index is 856. The van der Waals surface area contributed by atoms with Crippen LogP contribution in [-0.4, -0.2) is 24.5 Å². The molecule has 0 fully saturated rings. The number of anilines is 1. The SMILES string of the molecule is CC1Oc2ccccc2N(CC(=O)NC(C)c2ccc(F)cc2F)C1=O. The summed E-state index contributed by atoms with van der Waals surface area (Å²) in [5, 5.41) is 2.63. The van der Waals surface area contributed by atoms with Crippen LogP contribution in [0.3, 0.4) is 0 Å². The van der Waals surface area contributed by atoms with Gasteiger partial charge < -0.3 is 10.1 Å². The summed E-state index contributed by atoms with van der Waals surface area (Å²) in [5.41, 5.74) is 0.674. The highest BCUT2D eigenvalue weighted by molar-refractivity contribution is 6.03. The fourth-order valence-corrected chi connectivity index (χ4v) is 2.88. The lowest BCUT2D eigenvalue weighted by molar-refractivity contribution is -0.128. The summed E-state index contributed by atoms with van der Waals surface area (Å²) in [6.07, 6.45) is -0.704. The number of para-hydroxylation sites is 2. The average Bonchev–Trinajstić information content (AvgIpc) is 2.58. The van der Waals surface area contributed by atoms with Gasteiger partial charge in [-0.25, -0.2) is 8.78 Å². The first kappa shape index (κ1) is 17.8. The van der Waals surface area contributed by atoms with E-state index < -0.39 is 29.7 Å². The minimum absolute atomic E-state index is 0.168. The van der Waals surface area contributed by atoms with E-state index in [0.29, 0.717) is 11.4 Å². The Kier molecular flexibility index (Phi) is 4.88.